The fourth-order valence-corrected chi connectivity index (χ4v) is 6.67. The molecule has 0 radical (unpaired) electrons. The van der Waals surface area contributed by atoms with Crippen molar-refractivity contribution in [2.45, 2.75) is 43.5 Å². The Kier molecular flexibility index (Phi) is 11.1. The summed E-state index contributed by atoms with van der Waals surface area (Å²) in [5.41, 5.74) is 1.45. The highest BCUT2D eigenvalue weighted by Gasteiger charge is 2.83. The third-order valence-corrected chi connectivity index (χ3v) is 10.1. The summed E-state index contributed by atoms with van der Waals surface area (Å²) >= 11 is 0. The molecule has 0 aromatic heterocycles. The molecule has 43 heavy (non-hydrogen) atoms. The Morgan fingerprint density at radius 1 is 0.605 bits per heavy atom. The molecule has 0 fully saturated rings. The van der Waals surface area contributed by atoms with Crippen LogP contribution in [0.25, 0.3) is 0 Å². The Hall–Kier alpha value is -1.76. The quantitative estimate of drug-likeness (QED) is 0.184. The van der Waals surface area contributed by atoms with Gasteiger partial charge in [-0.05, 0) is 97.6 Å². The van der Waals surface area contributed by atoms with Gasteiger partial charge in [0.2, 0.25) is 11.5 Å². The summed E-state index contributed by atoms with van der Waals surface area (Å²) in [6.07, 6.45) is 10.3. The molecule has 4 nitrogen and oxygen atoms in total. The number of methoxy groups -OCH3 is 2. The van der Waals surface area contributed by atoms with Crippen molar-refractivity contribution in [3.8, 4) is 23.0 Å². The summed E-state index contributed by atoms with van der Waals surface area (Å²) in [4.78, 5) is 0. The number of halogens is 8. The van der Waals surface area contributed by atoms with E-state index >= 15 is 17.6 Å². The van der Waals surface area contributed by atoms with E-state index in [1.54, 1.807) is 0 Å². The second-order valence-electron chi connectivity index (χ2n) is 11.0. The molecular formula is C29H36Cl2F6O4S2. The summed E-state index contributed by atoms with van der Waals surface area (Å²) in [6.45, 7) is 0. The lowest BCUT2D eigenvalue weighted by Gasteiger charge is -2.24. The highest BCUT2D eigenvalue weighted by molar-refractivity contribution is 8.50. The predicted octanol–water partition coefficient (Wildman–Crippen LogP) is 9.59. The fourth-order valence-electron chi connectivity index (χ4n) is 4.35. The SMILES string of the molecule is COc1cc(CCCS(C)(C)Cl)ccc1OC1=C(Oc2ccc(CCCS(C)(C)Cl)cc2OC)C(F)(F)C(F)(F)C1(F)F. The topological polar surface area (TPSA) is 36.9 Å². The number of benzene rings is 2. The van der Waals surface area contributed by atoms with Crippen LogP contribution in [0.3, 0.4) is 0 Å². The molecule has 0 saturated carbocycles. The van der Waals surface area contributed by atoms with Gasteiger partial charge in [0, 0.05) is 0 Å². The Morgan fingerprint density at radius 2 is 0.953 bits per heavy atom. The van der Waals surface area contributed by atoms with Crippen LogP contribution in [-0.2, 0) is 12.8 Å². The van der Waals surface area contributed by atoms with Crippen LogP contribution >= 0.6 is 39.8 Å². The fraction of sp³-hybridized carbons (Fsp3) is 0.517. The number of hydrogen-bond acceptors (Lipinski definition) is 4. The molecule has 1 aliphatic rings. The van der Waals surface area contributed by atoms with Crippen molar-refractivity contribution in [2.75, 3.05) is 50.7 Å². The zero-order chi connectivity index (χ0) is 32.4. The van der Waals surface area contributed by atoms with Crippen LogP contribution in [0.5, 0.6) is 23.0 Å². The maximum atomic E-state index is 15.0. The zero-order valence-corrected chi connectivity index (χ0v) is 27.8. The first-order valence-corrected chi connectivity index (χ1v) is 20.0. The molecule has 2 aromatic carbocycles. The first kappa shape index (κ1) is 35.7. The molecule has 0 spiro atoms. The van der Waals surface area contributed by atoms with Gasteiger partial charge in [0.1, 0.15) is 0 Å². The molecular weight excluding hydrogens is 661 g/mol. The lowest BCUT2D eigenvalue weighted by molar-refractivity contribution is -0.273. The highest BCUT2D eigenvalue weighted by Crippen LogP contribution is 2.60. The molecule has 244 valence electrons. The van der Waals surface area contributed by atoms with Gasteiger partial charge >= 0.3 is 17.8 Å². The van der Waals surface area contributed by atoms with Gasteiger partial charge in [0.25, 0.3) is 0 Å². The van der Waals surface area contributed by atoms with E-state index in [-0.39, 0.29) is 11.5 Å². The maximum absolute atomic E-state index is 15.0. The molecule has 3 rings (SSSR count). The molecule has 0 saturated heterocycles. The summed E-state index contributed by atoms with van der Waals surface area (Å²) in [5.74, 6) is -20.4. The van der Waals surface area contributed by atoms with Crippen molar-refractivity contribution in [1.82, 2.24) is 0 Å². The van der Waals surface area contributed by atoms with Gasteiger partial charge in [-0.25, -0.2) is 0 Å². The first-order chi connectivity index (χ1) is 19.7. The number of rotatable bonds is 14. The number of aryl methyl sites for hydroxylation is 2. The van der Waals surface area contributed by atoms with E-state index in [1.165, 1.54) is 50.6 Å². The maximum Gasteiger partial charge on any atom is 0.387 e. The summed E-state index contributed by atoms with van der Waals surface area (Å²) in [6, 6.07) is 8.33. The molecule has 1 aliphatic carbocycles. The molecule has 0 amide bonds. The van der Waals surface area contributed by atoms with Gasteiger partial charge in [-0.15, -0.1) is 0 Å². The van der Waals surface area contributed by atoms with E-state index in [4.69, 9.17) is 40.3 Å². The van der Waals surface area contributed by atoms with Crippen molar-refractivity contribution in [3.63, 3.8) is 0 Å². The zero-order valence-electron chi connectivity index (χ0n) is 24.7. The molecule has 0 bridgehead atoms. The van der Waals surface area contributed by atoms with Crippen LogP contribution < -0.4 is 18.9 Å². The van der Waals surface area contributed by atoms with E-state index in [0.717, 1.165) is 35.5 Å². The van der Waals surface area contributed by atoms with Crippen molar-refractivity contribution in [1.29, 1.82) is 0 Å². The second-order valence-corrected chi connectivity index (χ2v) is 22.4. The van der Waals surface area contributed by atoms with Crippen molar-refractivity contribution in [3.05, 3.63) is 59.0 Å². The average Bonchev–Trinajstić information content (AvgIpc) is 2.98. The Balaban J connectivity index is 1.97. The molecule has 0 unspecified atom stereocenters. The average molecular weight is 698 g/mol. The molecule has 0 aliphatic heterocycles. The minimum absolute atomic E-state index is 0.111. The number of ether oxygens (including phenoxy) is 4. The van der Waals surface area contributed by atoms with Crippen LogP contribution in [0.4, 0.5) is 26.3 Å². The normalized spacial score (nSPS) is 18.4. The van der Waals surface area contributed by atoms with Gasteiger partial charge < -0.3 is 18.9 Å². The van der Waals surface area contributed by atoms with Crippen LogP contribution in [0.2, 0.25) is 0 Å². The number of alkyl halides is 6. The van der Waals surface area contributed by atoms with Gasteiger partial charge in [-0.1, -0.05) is 33.5 Å². The van der Waals surface area contributed by atoms with Gasteiger partial charge in [-0.2, -0.15) is 44.8 Å². The minimum Gasteiger partial charge on any atom is -0.493 e. The molecule has 0 N–H and O–H groups in total. The second kappa shape index (κ2) is 13.3. The summed E-state index contributed by atoms with van der Waals surface area (Å²) < 4.78 is 110. The van der Waals surface area contributed by atoms with Gasteiger partial charge in [-0.3, -0.25) is 0 Å². The van der Waals surface area contributed by atoms with Crippen LogP contribution in [-0.4, -0.2) is 68.5 Å². The van der Waals surface area contributed by atoms with E-state index in [9.17, 15) is 8.78 Å². The third kappa shape index (κ3) is 8.29. The summed E-state index contributed by atoms with van der Waals surface area (Å²) in [5, 5.41) is 0. The molecule has 0 atom stereocenters. The molecule has 14 heteroatoms. The molecule has 2 aromatic rings. The third-order valence-electron chi connectivity index (χ3n) is 6.64. The van der Waals surface area contributed by atoms with Gasteiger partial charge in [0.05, 0.1) is 14.2 Å². The number of hydrogen-bond donors (Lipinski definition) is 0. The Bertz CT molecular complexity index is 1230. The van der Waals surface area contributed by atoms with Crippen molar-refractivity contribution < 1.29 is 45.3 Å². The number of allylic oxidation sites excluding steroid dienone is 2. The highest BCUT2D eigenvalue weighted by atomic mass is 35.7. The minimum atomic E-state index is -5.85. The summed E-state index contributed by atoms with van der Waals surface area (Å²) in [7, 11) is 12.5. The first-order valence-electron chi connectivity index (χ1n) is 13.1. The smallest absolute Gasteiger partial charge is 0.387 e. The Labute approximate surface area is 260 Å². The van der Waals surface area contributed by atoms with Crippen LogP contribution in [0, 0.1) is 0 Å². The lowest BCUT2D eigenvalue weighted by atomic mass is 10.1. The monoisotopic (exact) mass is 696 g/mol. The van der Waals surface area contributed by atoms with E-state index in [0.29, 0.717) is 12.8 Å². The van der Waals surface area contributed by atoms with E-state index in [2.05, 4.69) is 0 Å². The van der Waals surface area contributed by atoms with Crippen LogP contribution in [0.1, 0.15) is 24.0 Å². The van der Waals surface area contributed by atoms with Crippen molar-refractivity contribution in [2.24, 2.45) is 0 Å². The van der Waals surface area contributed by atoms with Crippen molar-refractivity contribution >= 4 is 39.8 Å². The largest absolute Gasteiger partial charge is 0.493 e. The van der Waals surface area contributed by atoms with E-state index < -0.39 is 59.3 Å². The Morgan fingerprint density at radius 3 is 1.26 bits per heavy atom. The standard InChI is InChI=1S/C29H36Cl2F6O4S2/c1-38-23-17-19(9-7-15-42(3,4)30)11-13-21(23)40-25-26(28(34,35)29(36,37)27(25,32)33)41-22-14-12-20(18-24(22)39-2)10-8-16-43(5,6)31/h11-14,17-18H,7-10,15-16H2,1-6H3. The van der Waals surface area contributed by atoms with Gasteiger partial charge in [0.15, 0.2) is 23.0 Å². The predicted molar refractivity (Wildman–Crippen MR) is 166 cm³/mol. The molecule has 0 heterocycles. The van der Waals surface area contributed by atoms with E-state index in [1.807, 2.05) is 25.0 Å². The van der Waals surface area contributed by atoms with Crippen LogP contribution in [0.15, 0.2) is 47.9 Å². The lowest BCUT2D eigenvalue weighted by Crippen LogP contribution is -2.50.